The van der Waals surface area contributed by atoms with Gasteiger partial charge in [0.2, 0.25) is 3.79 Å². The van der Waals surface area contributed by atoms with E-state index in [1.807, 2.05) is 0 Å². The van der Waals surface area contributed by atoms with Crippen molar-refractivity contribution in [3.63, 3.8) is 0 Å². The summed E-state index contributed by atoms with van der Waals surface area (Å²) < 4.78 is -2.19. The van der Waals surface area contributed by atoms with Crippen LogP contribution in [0.5, 0.6) is 0 Å². The van der Waals surface area contributed by atoms with Crippen molar-refractivity contribution < 1.29 is 10.2 Å². The third kappa shape index (κ3) is 3.38. The molecular weight excluding hydrogens is 162 g/mol. The Bertz CT molecular complexity index is 56.4. The van der Waals surface area contributed by atoms with Crippen LogP contribution in [-0.2, 0) is 10.2 Å². The van der Waals surface area contributed by atoms with Gasteiger partial charge in [-0.05, 0) is 0 Å². The van der Waals surface area contributed by atoms with Crippen LogP contribution in [0.1, 0.15) is 0 Å². The highest BCUT2D eigenvalue weighted by molar-refractivity contribution is 6.67. The van der Waals surface area contributed by atoms with Gasteiger partial charge in [-0.25, -0.2) is 0 Å². The summed E-state index contributed by atoms with van der Waals surface area (Å²) in [5, 5.41) is 19.2. The van der Waals surface area contributed by atoms with Gasteiger partial charge in [-0.3, -0.25) is 0 Å². The Labute approximate surface area is 55.6 Å². The summed E-state index contributed by atoms with van der Waals surface area (Å²) in [5.74, 6) is 0. The van der Waals surface area contributed by atoms with Crippen molar-refractivity contribution in [3.8, 4) is 0 Å². The lowest BCUT2D eigenvalue weighted by Gasteiger charge is -2.06. The van der Waals surface area contributed by atoms with Gasteiger partial charge in [-0.1, -0.05) is 34.8 Å². The second-order valence-corrected chi connectivity index (χ2v) is 3.24. The topological polar surface area (TPSA) is 39.8 Å². The average molecular weight is 163 g/mol. The van der Waals surface area contributed by atoms with Crippen molar-refractivity contribution in [2.75, 3.05) is 0 Å². The van der Waals surface area contributed by atoms with Crippen molar-refractivity contribution in [1.82, 2.24) is 0 Å². The minimum absolute atomic E-state index is 2.19. The Morgan fingerprint density at radius 2 is 1.29 bits per heavy atom. The quantitative estimate of drug-likeness (QED) is 0.384. The lowest BCUT2D eigenvalue weighted by molar-refractivity contribution is -0.132. The predicted molar refractivity (Wildman–Crippen MR) is 25.5 cm³/mol. The van der Waals surface area contributed by atoms with E-state index in [-0.39, 0.29) is 0 Å². The highest BCUT2D eigenvalue weighted by Crippen LogP contribution is 2.29. The van der Waals surface area contributed by atoms with Crippen molar-refractivity contribution in [2.24, 2.45) is 0 Å². The molecule has 2 nitrogen and oxygen atoms in total. The van der Waals surface area contributed by atoms with Gasteiger partial charge in [0.1, 0.15) is 0 Å². The van der Waals surface area contributed by atoms with Gasteiger partial charge in [0, 0.05) is 0 Å². The first-order valence-corrected chi connectivity index (χ1v) is 2.46. The standard InChI is InChI=1S/C2HCl3O2/c3-2(4,5)1(6)7/h1H. The van der Waals surface area contributed by atoms with Crippen LogP contribution in [0.4, 0.5) is 0 Å². The second-order valence-electron chi connectivity index (χ2n) is 0.874. The molecule has 0 aliphatic rings. The summed E-state index contributed by atoms with van der Waals surface area (Å²) in [6, 6.07) is 0. The van der Waals surface area contributed by atoms with Gasteiger partial charge in [0.15, 0.2) is 0 Å². The Hall–Kier alpha value is 0.790. The van der Waals surface area contributed by atoms with E-state index in [4.69, 9.17) is 34.8 Å². The number of alkyl halides is 3. The predicted octanol–water partition coefficient (Wildman–Crippen LogP) is 1.54. The van der Waals surface area contributed by atoms with E-state index in [9.17, 15) is 10.2 Å². The van der Waals surface area contributed by atoms with E-state index in [0.29, 0.717) is 0 Å². The van der Waals surface area contributed by atoms with Crippen molar-refractivity contribution in [3.05, 3.63) is 0 Å². The first kappa shape index (κ1) is 7.79. The molecule has 0 saturated heterocycles. The van der Waals surface area contributed by atoms with Crippen LogP contribution in [0.25, 0.3) is 0 Å². The van der Waals surface area contributed by atoms with Crippen LogP contribution < -0.4 is 0 Å². The fraction of sp³-hybridized carbons (Fsp3) is 1.00. The van der Waals surface area contributed by atoms with E-state index >= 15 is 0 Å². The largest absolute Gasteiger partial charge is 0.270 e. The van der Waals surface area contributed by atoms with Crippen LogP contribution in [0, 0.1) is 0 Å². The van der Waals surface area contributed by atoms with Crippen molar-refractivity contribution >= 4 is 34.8 Å². The zero-order valence-corrected chi connectivity index (χ0v) is 5.30. The van der Waals surface area contributed by atoms with Gasteiger partial charge in [-0.2, -0.15) is 10.2 Å². The van der Waals surface area contributed by atoms with Crippen molar-refractivity contribution in [1.29, 1.82) is 0 Å². The molecule has 0 spiro atoms. The number of rotatable bonds is 0. The molecule has 0 atom stereocenters. The summed E-state index contributed by atoms with van der Waals surface area (Å²) in [6.07, 6.45) is -2.41. The maximum absolute atomic E-state index is 9.60. The maximum atomic E-state index is 9.60. The van der Waals surface area contributed by atoms with Crippen molar-refractivity contribution in [2.45, 2.75) is 10.1 Å². The molecule has 0 unspecified atom stereocenters. The van der Waals surface area contributed by atoms with Gasteiger partial charge in [0.25, 0.3) is 6.29 Å². The summed E-state index contributed by atoms with van der Waals surface area (Å²) in [6.45, 7) is 0. The smallest absolute Gasteiger partial charge is 0.194 e. The molecule has 0 aromatic carbocycles. The first-order valence-electron chi connectivity index (χ1n) is 1.33. The average Bonchev–Trinajstić information content (AvgIpc) is 1.31. The maximum Gasteiger partial charge on any atom is 0.270 e. The van der Waals surface area contributed by atoms with E-state index in [2.05, 4.69) is 0 Å². The molecular formula is C2HCl3O2. The third-order valence-corrected chi connectivity index (χ3v) is 0.802. The normalized spacial score (nSPS) is 12.9. The summed E-state index contributed by atoms with van der Waals surface area (Å²) in [4.78, 5) is 0. The zero-order valence-electron chi connectivity index (χ0n) is 3.03. The highest BCUT2D eigenvalue weighted by atomic mass is 35.6. The molecule has 0 rings (SSSR count). The second kappa shape index (κ2) is 2.37. The fourth-order valence-electron chi connectivity index (χ4n) is 0. The molecule has 0 aromatic rings. The minimum Gasteiger partial charge on any atom is -0.194 e. The summed E-state index contributed by atoms with van der Waals surface area (Å²) in [7, 11) is 0. The molecule has 0 bridgehead atoms. The van der Waals surface area contributed by atoms with E-state index in [1.54, 1.807) is 0 Å². The third-order valence-electron chi connectivity index (χ3n) is 0.267. The Morgan fingerprint density at radius 1 is 1.14 bits per heavy atom. The molecule has 0 aliphatic carbocycles. The molecule has 0 fully saturated rings. The van der Waals surface area contributed by atoms with Crippen LogP contribution in [-0.4, -0.2) is 10.1 Å². The van der Waals surface area contributed by atoms with Crippen LogP contribution in [0.3, 0.4) is 0 Å². The minimum atomic E-state index is -2.41. The van der Waals surface area contributed by atoms with E-state index in [0.717, 1.165) is 0 Å². The zero-order chi connectivity index (χ0) is 6.08. The van der Waals surface area contributed by atoms with Gasteiger partial charge < -0.3 is 0 Å². The van der Waals surface area contributed by atoms with E-state index in [1.165, 1.54) is 0 Å². The molecule has 0 amide bonds. The first-order chi connectivity index (χ1) is 2.94. The molecule has 7 heavy (non-hydrogen) atoms. The number of halogens is 3. The molecule has 0 aromatic heterocycles. The number of hydrogen-bond acceptors (Lipinski definition) is 0. The Balaban J connectivity index is 3.54. The fourth-order valence-corrected chi connectivity index (χ4v) is 0. The van der Waals surface area contributed by atoms with Crippen LogP contribution >= 0.6 is 34.8 Å². The van der Waals surface area contributed by atoms with Gasteiger partial charge in [0.05, 0.1) is 0 Å². The number of hydrogen-bond donors (Lipinski definition) is 0. The highest BCUT2D eigenvalue weighted by Gasteiger charge is 2.31. The molecule has 0 saturated carbocycles. The molecule has 0 heterocycles. The van der Waals surface area contributed by atoms with Gasteiger partial charge in [-0.15, -0.1) is 0 Å². The molecule has 5 heteroatoms. The Morgan fingerprint density at radius 3 is 1.29 bits per heavy atom. The van der Waals surface area contributed by atoms with E-state index < -0.39 is 10.1 Å². The summed E-state index contributed by atoms with van der Waals surface area (Å²) >= 11 is 14.3. The lowest BCUT2D eigenvalue weighted by Crippen LogP contribution is -2.20. The molecule has 42 valence electrons. The molecule has 0 aliphatic heterocycles. The Kier molecular flexibility index (Phi) is 2.64. The van der Waals surface area contributed by atoms with Crippen LogP contribution in [0.2, 0.25) is 0 Å². The van der Waals surface area contributed by atoms with Gasteiger partial charge >= 0.3 is 0 Å². The molecule has 2 radical (unpaired) electrons. The monoisotopic (exact) mass is 162 g/mol. The SMILES string of the molecule is [O]C([O])C(Cl)(Cl)Cl. The molecule has 0 N–H and O–H groups in total. The summed E-state index contributed by atoms with van der Waals surface area (Å²) in [5.41, 5.74) is 0. The lowest BCUT2D eigenvalue weighted by atomic mass is 10.8. The van der Waals surface area contributed by atoms with Crippen LogP contribution in [0.15, 0.2) is 0 Å².